The van der Waals surface area contributed by atoms with Gasteiger partial charge in [0.2, 0.25) is 0 Å². The van der Waals surface area contributed by atoms with Gasteiger partial charge in [0.25, 0.3) is 0 Å². The Morgan fingerprint density at radius 2 is 2.17 bits per heavy atom. The van der Waals surface area contributed by atoms with Crippen LogP contribution in [0.4, 0.5) is 5.82 Å². The van der Waals surface area contributed by atoms with Crippen molar-refractivity contribution in [2.45, 2.75) is 32.8 Å². The van der Waals surface area contributed by atoms with Crippen molar-refractivity contribution in [3.05, 3.63) is 34.5 Å². The standard InChI is InChI=1S/C16H22ClN5O/c1-5-13-19-14(17)11(2)15(20-13)22-6-7-23-16(3,10-22)12-8-18-21(4)9-12/h8-9H,5-7,10H2,1-4H3. The molecule has 0 aliphatic carbocycles. The van der Waals surface area contributed by atoms with Crippen molar-refractivity contribution in [1.82, 2.24) is 19.7 Å². The number of halogens is 1. The van der Waals surface area contributed by atoms with Crippen molar-refractivity contribution in [2.24, 2.45) is 7.05 Å². The zero-order chi connectivity index (χ0) is 16.6. The van der Waals surface area contributed by atoms with E-state index in [9.17, 15) is 0 Å². The van der Waals surface area contributed by atoms with Gasteiger partial charge in [-0.15, -0.1) is 0 Å². The van der Waals surface area contributed by atoms with Crippen LogP contribution < -0.4 is 4.90 Å². The molecule has 3 heterocycles. The van der Waals surface area contributed by atoms with Crippen molar-refractivity contribution in [1.29, 1.82) is 0 Å². The number of morpholine rings is 1. The second-order valence-corrected chi connectivity index (χ2v) is 6.49. The molecule has 7 heteroatoms. The predicted molar refractivity (Wildman–Crippen MR) is 89.9 cm³/mol. The SMILES string of the molecule is CCc1nc(Cl)c(C)c(N2CCOC(C)(c3cnn(C)c3)C2)n1. The van der Waals surface area contributed by atoms with Crippen molar-refractivity contribution in [3.8, 4) is 0 Å². The first kappa shape index (κ1) is 16.2. The first-order valence-corrected chi connectivity index (χ1v) is 8.22. The lowest BCUT2D eigenvalue weighted by Crippen LogP contribution is -2.48. The molecule has 23 heavy (non-hydrogen) atoms. The molecular formula is C16H22ClN5O. The first-order valence-electron chi connectivity index (χ1n) is 7.84. The second-order valence-electron chi connectivity index (χ2n) is 6.14. The number of nitrogens with zero attached hydrogens (tertiary/aromatic N) is 5. The second kappa shape index (κ2) is 6.09. The van der Waals surface area contributed by atoms with Crippen LogP contribution >= 0.6 is 11.6 Å². The molecule has 1 aliphatic rings. The third-order valence-corrected chi connectivity index (χ3v) is 4.68. The maximum absolute atomic E-state index is 6.29. The Labute approximate surface area is 141 Å². The summed E-state index contributed by atoms with van der Waals surface area (Å²) in [5.74, 6) is 1.67. The molecule has 0 aromatic carbocycles. The number of hydrogen-bond acceptors (Lipinski definition) is 5. The van der Waals surface area contributed by atoms with Crippen LogP contribution in [0, 0.1) is 6.92 Å². The van der Waals surface area contributed by atoms with Crippen molar-refractivity contribution in [2.75, 3.05) is 24.6 Å². The third kappa shape index (κ3) is 3.05. The van der Waals surface area contributed by atoms with Crippen LogP contribution in [0.25, 0.3) is 0 Å². The summed E-state index contributed by atoms with van der Waals surface area (Å²) in [5.41, 5.74) is 1.57. The molecule has 1 aliphatic heterocycles. The van der Waals surface area contributed by atoms with Gasteiger partial charge in [-0.05, 0) is 13.8 Å². The van der Waals surface area contributed by atoms with Crippen LogP contribution in [0.1, 0.15) is 30.8 Å². The molecule has 6 nitrogen and oxygen atoms in total. The van der Waals surface area contributed by atoms with Crippen molar-refractivity contribution < 1.29 is 4.74 Å². The molecular weight excluding hydrogens is 314 g/mol. The van der Waals surface area contributed by atoms with Crippen LogP contribution in [0.5, 0.6) is 0 Å². The highest BCUT2D eigenvalue weighted by Gasteiger charge is 2.36. The molecule has 2 aromatic rings. The third-order valence-electron chi connectivity index (χ3n) is 4.31. The molecule has 0 N–H and O–H groups in total. The highest BCUT2D eigenvalue weighted by Crippen LogP contribution is 2.33. The maximum atomic E-state index is 6.29. The van der Waals surface area contributed by atoms with E-state index in [4.69, 9.17) is 21.3 Å². The molecule has 0 spiro atoms. The quantitative estimate of drug-likeness (QED) is 0.807. The van der Waals surface area contributed by atoms with Gasteiger partial charge in [0.05, 0.1) is 19.3 Å². The number of aromatic nitrogens is 4. The first-order chi connectivity index (χ1) is 10.9. The van der Waals surface area contributed by atoms with Gasteiger partial charge in [-0.2, -0.15) is 5.10 Å². The molecule has 0 bridgehead atoms. The zero-order valence-electron chi connectivity index (χ0n) is 14.0. The Bertz CT molecular complexity index is 716. The van der Waals surface area contributed by atoms with Gasteiger partial charge >= 0.3 is 0 Å². The van der Waals surface area contributed by atoms with Crippen molar-refractivity contribution >= 4 is 17.4 Å². The van der Waals surface area contributed by atoms with Crippen LogP contribution in [-0.4, -0.2) is 39.4 Å². The molecule has 3 rings (SSSR count). The van der Waals surface area contributed by atoms with E-state index < -0.39 is 5.60 Å². The summed E-state index contributed by atoms with van der Waals surface area (Å²) in [6.45, 7) is 8.21. The molecule has 1 unspecified atom stereocenters. The summed E-state index contributed by atoms with van der Waals surface area (Å²) in [5, 5.41) is 4.79. The fourth-order valence-corrected chi connectivity index (χ4v) is 3.09. The number of rotatable bonds is 3. The van der Waals surface area contributed by atoms with E-state index >= 15 is 0 Å². The van der Waals surface area contributed by atoms with E-state index in [-0.39, 0.29) is 0 Å². The largest absolute Gasteiger partial charge is 0.367 e. The predicted octanol–water partition coefficient (Wildman–Crippen LogP) is 2.49. The summed E-state index contributed by atoms with van der Waals surface area (Å²) >= 11 is 6.29. The van der Waals surface area contributed by atoms with Gasteiger partial charge in [-0.3, -0.25) is 4.68 Å². The topological polar surface area (TPSA) is 56.1 Å². The molecule has 1 saturated heterocycles. The lowest BCUT2D eigenvalue weighted by atomic mass is 9.97. The number of ether oxygens (including phenoxy) is 1. The van der Waals surface area contributed by atoms with Crippen LogP contribution in [-0.2, 0) is 23.8 Å². The summed E-state index contributed by atoms with van der Waals surface area (Å²) in [6, 6.07) is 0. The molecule has 1 atom stereocenters. The lowest BCUT2D eigenvalue weighted by Gasteiger charge is -2.41. The number of aryl methyl sites for hydroxylation is 2. The Kier molecular flexibility index (Phi) is 4.29. The van der Waals surface area contributed by atoms with Crippen molar-refractivity contribution in [3.63, 3.8) is 0 Å². The minimum absolute atomic E-state index is 0.414. The van der Waals surface area contributed by atoms with Gasteiger partial charge < -0.3 is 9.64 Å². The fourth-order valence-electron chi connectivity index (χ4n) is 2.91. The van der Waals surface area contributed by atoms with Gasteiger partial charge in [0.1, 0.15) is 22.4 Å². The average molecular weight is 336 g/mol. The molecule has 0 radical (unpaired) electrons. The number of anilines is 1. The maximum Gasteiger partial charge on any atom is 0.137 e. The van der Waals surface area contributed by atoms with Gasteiger partial charge in [-0.25, -0.2) is 9.97 Å². The monoisotopic (exact) mass is 335 g/mol. The lowest BCUT2D eigenvalue weighted by molar-refractivity contribution is -0.0468. The molecule has 0 amide bonds. The summed E-state index contributed by atoms with van der Waals surface area (Å²) in [7, 11) is 1.91. The minimum atomic E-state index is -0.414. The molecule has 124 valence electrons. The fraction of sp³-hybridized carbons (Fsp3) is 0.562. The molecule has 1 fully saturated rings. The van der Waals surface area contributed by atoms with Crippen LogP contribution in [0.15, 0.2) is 12.4 Å². The van der Waals surface area contributed by atoms with Gasteiger partial charge in [0.15, 0.2) is 0 Å². The Morgan fingerprint density at radius 1 is 1.39 bits per heavy atom. The van der Waals surface area contributed by atoms with E-state index in [0.717, 1.165) is 35.7 Å². The average Bonchev–Trinajstić information content (AvgIpc) is 2.97. The van der Waals surface area contributed by atoms with E-state index in [1.807, 2.05) is 33.3 Å². The van der Waals surface area contributed by atoms with E-state index in [1.165, 1.54) is 0 Å². The Balaban J connectivity index is 1.94. The van der Waals surface area contributed by atoms with Crippen LogP contribution in [0.3, 0.4) is 0 Å². The summed E-state index contributed by atoms with van der Waals surface area (Å²) < 4.78 is 7.87. The van der Waals surface area contributed by atoms with Gasteiger partial charge in [-0.1, -0.05) is 18.5 Å². The smallest absolute Gasteiger partial charge is 0.137 e. The molecule has 0 saturated carbocycles. The van der Waals surface area contributed by atoms with E-state index in [1.54, 1.807) is 4.68 Å². The molecule has 2 aromatic heterocycles. The highest BCUT2D eigenvalue weighted by atomic mass is 35.5. The zero-order valence-corrected chi connectivity index (χ0v) is 14.8. The minimum Gasteiger partial charge on any atom is -0.367 e. The summed E-state index contributed by atoms with van der Waals surface area (Å²) in [4.78, 5) is 11.3. The van der Waals surface area contributed by atoms with E-state index in [0.29, 0.717) is 18.3 Å². The highest BCUT2D eigenvalue weighted by molar-refractivity contribution is 6.30. The Morgan fingerprint density at radius 3 is 2.83 bits per heavy atom. The normalized spacial score (nSPS) is 21.7. The van der Waals surface area contributed by atoms with E-state index in [2.05, 4.69) is 21.9 Å². The Hall–Kier alpha value is -1.66. The van der Waals surface area contributed by atoms with Gasteiger partial charge in [0, 0.05) is 37.3 Å². The van der Waals surface area contributed by atoms with Crippen LogP contribution in [0.2, 0.25) is 5.15 Å². The number of hydrogen-bond donors (Lipinski definition) is 0. The summed E-state index contributed by atoms with van der Waals surface area (Å²) in [6.07, 6.45) is 4.62.